The van der Waals surface area contributed by atoms with Crippen molar-refractivity contribution in [1.82, 2.24) is 0 Å². The van der Waals surface area contributed by atoms with Gasteiger partial charge in [-0.05, 0) is 48.4 Å². The van der Waals surface area contributed by atoms with Crippen LogP contribution in [-0.2, 0) is 20.7 Å². The smallest absolute Gasteiger partial charge is 0.259 e. The first-order valence-electron chi connectivity index (χ1n) is 9.36. The lowest BCUT2D eigenvalue weighted by Gasteiger charge is -2.34. The number of aryl methyl sites for hydroxylation is 1. The predicted octanol–water partition coefficient (Wildman–Crippen LogP) is 1.26. The van der Waals surface area contributed by atoms with Crippen molar-refractivity contribution in [2.45, 2.75) is 25.6 Å². The molecule has 2 aromatic rings. The molecule has 0 radical (unpaired) electrons. The summed E-state index contributed by atoms with van der Waals surface area (Å²) in [6.07, 6.45) is -2.05. The molecule has 1 aliphatic rings. The van der Waals surface area contributed by atoms with Crippen LogP contribution < -0.4 is 16.0 Å². The zero-order valence-corrected chi connectivity index (χ0v) is 16.1. The van der Waals surface area contributed by atoms with Crippen LogP contribution in [0.3, 0.4) is 0 Å². The minimum atomic E-state index is -1.66. The molecule has 152 valence electrons. The molecule has 0 spiro atoms. The maximum atomic E-state index is 12.8. The third-order valence-corrected chi connectivity index (χ3v) is 4.80. The monoisotopic (exact) mass is 396 g/mol. The van der Waals surface area contributed by atoms with Crippen LogP contribution in [0, 0.1) is 5.41 Å². The number of carbonyl (C=O) groups excluding carboxylic acids is 2. The first-order chi connectivity index (χ1) is 13.9. The second kappa shape index (κ2) is 8.85. The average Bonchev–Trinajstić information content (AvgIpc) is 2.74. The fourth-order valence-corrected chi connectivity index (χ4v) is 3.09. The highest BCUT2D eigenvalue weighted by molar-refractivity contribution is 6.04. The molecule has 0 unspecified atom stereocenters. The molecule has 1 fully saturated rings. The molecular weight excluding hydrogens is 372 g/mol. The van der Waals surface area contributed by atoms with Gasteiger partial charge in [0, 0.05) is 23.5 Å². The SMILES string of the molecule is CCc1ccc(N2CCO[C@H]([C@@H](O)C(=O)Nc3ccc(C(=N)N)cc3)C2=O)cc1. The first-order valence-corrected chi connectivity index (χ1v) is 9.36. The topological polar surface area (TPSA) is 129 Å². The van der Waals surface area contributed by atoms with E-state index < -0.39 is 24.0 Å². The molecule has 0 bridgehead atoms. The van der Waals surface area contributed by atoms with E-state index in [1.165, 1.54) is 4.90 Å². The number of hydrogen-bond acceptors (Lipinski definition) is 5. The highest BCUT2D eigenvalue weighted by Gasteiger charge is 2.39. The van der Waals surface area contributed by atoms with Crippen LogP contribution in [-0.4, -0.2) is 48.1 Å². The third-order valence-electron chi connectivity index (χ3n) is 4.80. The maximum Gasteiger partial charge on any atom is 0.259 e. The van der Waals surface area contributed by atoms with Gasteiger partial charge in [-0.15, -0.1) is 0 Å². The van der Waals surface area contributed by atoms with Gasteiger partial charge in [-0.1, -0.05) is 19.1 Å². The molecule has 29 heavy (non-hydrogen) atoms. The number of benzene rings is 2. The Morgan fingerprint density at radius 2 is 1.93 bits per heavy atom. The molecule has 2 amide bonds. The van der Waals surface area contributed by atoms with Gasteiger partial charge in [0.15, 0.2) is 12.2 Å². The molecule has 1 heterocycles. The number of ether oxygens (including phenoxy) is 1. The Hall–Kier alpha value is -3.23. The van der Waals surface area contributed by atoms with Gasteiger partial charge in [0.1, 0.15) is 5.84 Å². The molecule has 1 aliphatic heterocycles. The number of anilines is 2. The number of aliphatic hydroxyl groups is 1. The average molecular weight is 396 g/mol. The van der Waals surface area contributed by atoms with Crippen LogP contribution in [0.25, 0.3) is 0 Å². The van der Waals surface area contributed by atoms with Crippen LogP contribution in [0.5, 0.6) is 0 Å². The summed E-state index contributed by atoms with van der Waals surface area (Å²) in [5, 5.41) is 20.3. The number of hydrogen-bond donors (Lipinski definition) is 4. The van der Waals surface area contributed by atoms with Gasteiger partial charge in [-0.2, -0.15) is 0 Å². The van der Waals surface area contributed by atoms with Crippen LogP contribution >= 0.6 is 0 Å². The summed E-state index contributed by atoms with van der Waals surface area (Å²) in [5.41, 5.74) is 8.18. The number of nitrogen functional groups attached to an aromatic ring is 1. The van der Waals surface area contributed by atoms with Crippen LogP contribution in [0.1, 0.15) is 18.1 Å². The molecule has 5 N–H and O–H groups in total. The molecule has 0 saturated carbocycles. The Bertz CT molecular complexity index is 896. The van der Waals surface area contributed by atoms with Gasteiger partial charge in [0.25, 0.3) is 11.8 Å². The zero-order chi connectivity index (χ0) is 21.0. The Balaban J connectivity index is 1.68. The van der Waals surface area contributed by atoms with E-state index in [0.717, 1.165) is 12.0 Å². The van der Waals surface area contributed by atoms with E-state index >= 15 is 0 Å². The second-order valence-electron chi connectivity index (χ2n) is 6.73. The molecule has 1 saturated heterocycles. The summed E-state index contributed by atoms with van der Waals surface area (Å²) in [5.74, 6) is -1.30. The van der Waals surface area contributed by atoms with Gasteiger partial charge in [-0.3, -0.25) is 15.0 Å². The van der Waals surface area contributed by atoms with Crippen molar-refractivity contribution < 1.29 is 19.4 Å². The highest BCUT2D eigenvalue weighted by atomic mass is 16.5. The molecule has 3 rings (SSSR count). The van der Waals surface area contributed by atoms with Gasteiger partial charge in [0.2, 0.25) is 0 Å². The number of rotatable bonds is 6. The van der Waals surface area contributed by atoms with E-state index in [1.54, 1.807) is 24.3 Å². The minimum Gasteiger partial charge on any atom is -0.384 e. The Morgan fingerprint density at radius 1 is 1.28 bits per heavy atom. The number of nitrogens with one attached hydrogen (secondary N) is 2. The van der Waals surface area contributed by atoms with Crippen molar-refractivity contribution in [2.24, 2.45) is 5.73 Å². The maximum absolute atomic E-state index is 12.8. The Morgan fingerprint density at radius 3 is 2.52 bits per heavy atom. The van der Waals surface area contributed by atoms with Crippen molar-refractivity contribution in [3.63, 3.8) is 0 Å². The molecular formula is C21H24N4O4. The number of aliphatic hydroxyl groups excluding tert-OH is 1. The van der Waals surface area contributed by atoms with Gasteiger partial charge in [-0.25, -0.2) is 0 Å². The lowest BCUT2D eigenvalue weighted by atomic mass is 10.1. The Labute approximate surface area is 168 Å². The summed E-state index contributed by atoms with van der Waals surface area (Å²) in [7, 11) is 0. The number of morpholine rings is 1. The summed E-state index contributed by atoms with van der Waals surface area (Å²) in [6.45, 7) is 2.61. The van der Waals surface area contributed by atoms with Crippen molar-refractivity contribution in [3.05, 3.63) is 59.7 Å². The summed E-state index contributed by atoms with van der Waals surface area (Å²) >= 11 is 0. The number of amides is 2. The number of carbonyl (C=O) groups is 2. The summed E-state index contributed by atoms with van der Waals surface area (Å²) < 4.78 is 5.41. The molecule has 0 aliphatic carbocycles. The number of nitrogens with zero attached hydrogens (tertiary/aromatic N) is 1. The standard InChI is InChI=1S/C21H24N4O4/c1-2-13-3-9-16(10-4-13)25-11-12-29-18(21(25)28)17(26)20(27)24-15-7-5-14(6-8-15)19(22)23/h3-10,17-18,26H,2,11-12H2,1H3,(H3,22,23)(H,24,27)/t17-,18-/m1/s1. The van der Waals surface area contributed by atoms with Crippen molar-refractivity contribution >= 4 is 29.0 Å². The van der Waals surface area contributed by atoms with Crippen LogP contribution in [0.15, 0.2) is 48.5 Å². The first kappa shape index (κ1) is 20.5. The zero-order valence-electron chi connectivity index (χ0n) is 16.1. The highest BCUT2D eigenvalue weighted by Crippen LogP contribution is 2.22. The summed E-state index contributed by atoms with van der Waals surface area (Å²) in [4.78, 5) is 26.8. The molecule has 8 nitrogen and oxygen atoms in total. The number of amidine groups is 1. The van der Waals surface area contributed by atoms with Gasteiger partial charge < -0.3 is 25.8 Å². The minimum absolute atomic E-state index is 0.0869. The van der Waals surface area contributed by atoms with E-state index in [9.17, 15) is 14.7 Å². The van der Waals surface area contributed by atoms with E-state index in [2.05, 4.69) is 5.32 Å². The van der Waals surface area contributed by atoms with Crippen molar-refractivity contribution in [2.75, 3.05) is 23.4 Å². The quantitative estimate of drug-likeness (QED) is 0.432. The molecule has 2 atom stereocenters. The molecule has 8 heteroatoms. The number of nitrogens with two attached hydrogens (primary N) is 1. The second-order valence-corrected chi connectivity index (χ2v) is 6.73. The largest absolute Gasteiger partial charge is 0.384 e. The van der Waals surface area contributed by atoms with E-state index in [1.807, 2.05) is 31.2 Å². The van der Waals surface area contributed by atoms with E-state index in [-0.39, 0.29) is 12.4 Å². The van der Waals surface area contributed by atoms with Crippen LogP contribution in [0.4, 0.5) is 11.4 Å². The fraction of sp³-hybridized carbons (Fsp3) is 0.286. The summed E-state index contributed by atoms with van der Waals surface area (Å²) in [6, 6.07) is 13.9. The van der Waals surface area contributed by atoms with Gasteiger partial charge in [0.05, 0.1) is 6.61 Å². The lowest BCUT2D eigenvalue weighted by molar-refractivity contribution is -0.150. The van der Waals surface area contributed by atoms with Crippen LogP contribution in [0.2, 0.25) is 0 Å². The van der Waals surface area contributed by atoms with Gasteiger partial charge >= 0.3 is 0 Å². The molecule has 2 aromatic carbocycles. The lowest BCUT2D eigenvalue weighted by Crippen LogP contribution is -2.55. The predicted molar refractivity (Wildman–Crippen MR) is 110 cm³/mol. The normalized spacial score (nSPS) is 17.7. The Kier molecular flexibility index (Phi) is 6.26. The third kappa shape index (κ3) is 4.61. The van der Waals surface area contributed by atoms with Crippen molar-refractivity contribution in [3.8, 4) is 0 Å². The van der Waals surface area contributed by atoms with E-state index in [0.29, 0.717) is 23.5 Å². The molecule has 0 aromatic heterocycles. The fourth-order valence-electron chi connectivity index (χ4n) is 3.09. The van der Waals surface area contributed by atoms with Crippen molar-refractivity contribution in [1.29, 1.82) is 5.41 Å². The van der Waals surface area contributed by atoms with E-state index in [4.69, 9.17) is 15.9 Å².